The van der Waals surface area contributed by atoms with Gasteiger partial charge in [0.2, 0.25) is 10.0 Å². The fourth-order valence-electron chi connectivity index (χ4n) is 3.82. The van der Waals surface area contributed by atoms with Crippen molar-refractivity contribution >= 4 is 39.1 Å². The topological polar surface area (TPSA) is 99.6 Å². The maximum absolute atomic E-state index is 12.7. The summed E-state index contributed by atoms with van der Waals surface area (Å²) in [4.78, 5) is 17.2. The average molecular weight is 486 g/mol. The van der Waals surface area contributed by atoms with Crippen LogP contribution < -0.4 is 5.32 Å². The predicted octanol–water partition coefficient (Wildman–Crippen LogP) is 2.86. The van der Waals surface area contributed by atoms with E-state index < -0.39 is 21.5 Å². The molecule has 31 heavy (non-hydrogen) atoms. The minimum Gasteiger partial charge on any atom is -0.392 e. The first-order valence-electron chi connectivity index (χ1n) is 9.94. The van der Waals surface area contributed by atoms with Crippen molar-refractivity contribution in [2.75, 3.05) is 25.4 Å². The Morgan fingerprint density at radius 1 is 1.26 bits per heavy atom. The number of sulfonamides is 1. The number of carbonyl (C=O) groups is 1. The third-order valence-electron chi connectivity index (χ3n) is 5.50. The molecule has 168 valence electrons. The van der Waals surface area contributed by atoms with Crippen molar-refractivity contribution in [2.24, 2.45) is 0 Å². The van der Waals surface area contributed by atoms with Crippen LogP contribution in [-0.4, -0.2) is 60.2 Å². The second kappa shape index (κ2) is 9.83. The molecule has 0 saturated carbocycles. The molecule has 3 rings (SSSR count). The number of rotatable bonds is 7. The van der Waals surface area contributed by atoms with Crippen LogP contribution in [0.3, 0.4) is 0 Å². The van der Waals surface area contributed by atoms with Crippen molar-refractivity contribution in [2.45, 2.75) is 31.3 Å². The van der Waals surface area contributed by atoms with Crippen LogP contribution >= 0.6 is 23.2 Å². The molecule has 1 atom stereocenters. The molecule has 0 bridgehead atoms. The zero-order valence-electron chi connectivity index (χ0n) is 17.1. The van der Waals surface area contributed by atoms with E-state index in [1.807, 2.05) is 18.2 Å². The molecule has 1 unspecified atom stereocenters. The van der Waals surface area contributed by atoms with E-state index in [4.69, 9.17) is 23.2 Å². The zero-order chi connectivity index (χ0) is 22.6. The average Bonchev–Trinajstić information content (AvgIpc) is 2.72. The molecule has 10 heteroatoms. The summed E-state index contributed by atoms with van der Waals surface area (Å²) in [5.74, 6) is -0.642. The van der Waals surface area contributed by atoms with Crippen molar-refractivity contribution in [3.05, 3.63) is 63.9 Å². The highest BCUT2D eigenvalue weighted by atomic mass is 35.5. The van der Waals surface area contributed by atoms with Crippen molar-refractivity contribution < 1.29 is 18.3 Å². The van der Waals surface area contributed by atoms with E-state index in [9.17, 15) is 18.3 Å². The quantitative estimate of drug-likeness (QED) is 0.627. The number of benzene rings is 1. The van der Waals surface area contributed by atoms with E-state index in [2.05, 4.69) is 10.3 Å². The van der Waals surface area contributed by atoms with Gasteiger partial charge in [0.25, 0.3) is 5.91 Å². The minimum absolute atomic E-state index is 0.260. The van der Waals surface area contributed by atoms with Crippen LogP contribution in [-0.2, 0) is 15.4 Å². The second-order valence-corrected chi connectivity index (χ2v) is 10.7. The van der Waals surface area contributed by atoms with Crippen LogP contribution in [0.4, 0.5) is 0 Å². The van der Waals surface area contributed by atoms with Crippen LogP contribution in [0.15, 0.2) is 42.6 Å². The molecule has 1 aliphatic heterocycles. The number of aromatic nitrogens is 1. The number of hydrogen-bond donors (Lipinski definition) is 2. The molecule has 0 radical (unpaired) electrons. The van der Waals surface area contributed by atoms with Crippen LogP contribution in [0, 0.1) is 0 Å². The molecule has 1 amide bonds. The van der Waals surface area contributed by atoms with Crippen LogP contribution in [0.5, 0.6) is 0 Å². The highest BCUT2D eigenvalue weighted by Gasteiger charge is 2.40. The highest BCUT2D eigenvalue weighted by Crippen LogP contribution is 2.35. The van der Waals surface area contributed by atoms with E-state index in [-0.39, 0.29) is 36.3 Å². The third kappa shape index (κ3) is 5.75. The lowest BCUT2D eigenvalue weighted by molar-refractivity contribution is 0.0932. The number of piperidine rings is 1. The lowest BCUT2D eigenvalue weighted by Crippen LogP contribution is -2.51. The fourth-order valence-corrected chi connectivity index (χ4v) is 5.87. The molecule has 2 N–H and O–H groups in total. The van der Waals surface area contributed by atoms with E-state index in [1.54, 1.807) is 18.3 Å². The monoisotopic (exact) mass is 485 g/mol. The summed E-state index contributed by atoms with van der Waals surface area (Å²) in [6.45, 7) is 2.30. The zero-order valence-corrected chi connectivity index (χ0v) is 19.4. The lowest BCUT2D eigenvalue weighted by atomic mass is 9.75. The number of halogens is 2. The van der Waals surface area contributed by atoms with E-state index in [0.29, 0.717) is 23.4 Å². The maximum Gasteiger partial charge on any atom is 0.252 e. The van der Waals surface area contributed by atoms with Gasteiger partial charge in [0.05, 0.1) is 22.4 Å². The molecule has 1 aromatic heterocycles. The van der Waals surface area contributed by atoms with Gasteiger partial charge in [-0.15, -0.1) is 0 Å². The van der Waals surface area contributed by atoms with Gasteiger partial charge >= 0.3 is 0 Å². The molecule has 1 aromatic carbocycles. The van der Waals surface area contributed by atoms with Crippen molar-refractivity contribution in [1.29, 1.82) is 0 Å². The number of aliphatic hydroxyl groups excluding tert-OH is 1. The molecule has 2 heterocycles. The molecule has 0 spiro atoms. The Labute approximate surface area is 192 Å². The molecule has 1 aliphatic rings. The minimum atomic E-state index is -3.55. The number of nitrogens with zero attached hydrogens (tertiary/aromatic N) is 2. The van der Waals surface area contributed by atoms with Gasteiger partial charge in [0.15, 0.2) is 0 Å². The SMILES string of the molecule is CC(O)CS(=O)(=O)N1CCC(CNC(=O)c2ccc(Cl)cc2Cl)(c2ccccn2)CC1. The van der Waals surface area contributed by atoms with Gasteiger partial charge in [-0.3, -0.25) is 9.78 Å². The van der Waals surface area contributed by atoms with Gasteiger partial charge in [-0.05, 0) is 50.1 Å². The lowest BCUT2D eigenvalue weighted by Gasteiger charge is -2.41. The van der Waals surface area contributed by atoms with E-state index >= 15 is 0 Å². The Bertz CT molecular complexity index is 1020. The fraction of sp³-hybridized carbons (Fsp3) is 0.429. The van der Waals surface area contributed by atoms with Crippen molar-refractivity contribution in [1.82, 2.24) is 14.6 Å². The molecular formula is C21H25Cl2N3O4S. The van der Waals surface area contributed by atoms with Gasteiger partial charge in [-0.1, -0.05) is 29.3 Å². The summed E-state index contributed by atoms with van der Waals surface area (Å²) in [7, 11) is -3.55. The Kier molecular flexibility index (Phi) is 7.59. The van der Waals surface area contributed by atoms with Crippen LogP contribution in [0.1, 0.15) is 35.8 Å². The number of pyridine rings is 1. The van der Waals surface area contributed by atoms with Gasteiger partial charge < -0.3 is 10.4 Å². The molecule has 7 nitrogen and oxygen atoms in total. The summed E-state index contributed by atoms with van der Waals surface area (Å²) < 4.78 is 26.4. The molecule has 0 aliphatic carbocycles. The molecule has 1 saturated heterocycles. The molecule has 2 aromatic rings. The Hall–Kier alpha value is -1.71. The Morgan fingerprint density at radius 2 is 1.97 bits per heavy atom. The van der Waals surface area contributed by atoms with E-state index in [1.165, 1.54) is 17.3 Å². The third-order valence-corrected chi connectivity index (χ3v) is 8.10. The van der Waals surface area contributed by atoms with Crippen molar-refractivity contribution in [3.8, 4) is 0 Å². The largest absolute Gasteiger partial charge is 0.392 e. The Balaban J connectivity index is 1.78. The maximum atomic E-state index is 12.7. The van der Waals surface area contributed by atoms with Crippen LogP contribution in [0.25, 0.3) is 0 Å². The van der Waals surface area contributed by atoms with Crippen LogP contribution in [0.2, 0.25) is 10.0 Å². The number of amides is 1. The first-order valence-corrected chi connectivity index (χ1v) is 12.3. The number of nitrogens with one attached hydrogen (secondary N) is 1. The van der Waals surface area contributed by atoms with Gasteiger partial charge in [0.1, 0.15) is 0 Å². The summed E-state index contributed by atoms with van der Waals surface area (Å²) in [6.07, 6.45) is 1.72. The number of aliphatic hydroxyl groups is 1. The predicted molar refractivity (Wildman–Crippen MR) is 121 cm³/mol. The smallest absolute Gasteiger partial charge is 0.252 e. The standard InChI is InChI=1S/C21H25Cl2N3O4S/c1-15(27)13-31(29,30)26-10-7-21(8-11-26,19-4-2-3-9-24-19)14-25-20(28)17-6-5-16(22)12-18(17)23/h2-6,9,12,15,27H,7-8,10-11,13-14H2,1H3,(H,25,28). The summed E-state index contributed by atoms with van der Waals surface area (Å²) in [5, 5.41) is 13.2. The highest BCUT2D eigenvalue weighted by molar-refractivity contribution is 7.89. The second-order valence-electron chi connectivity index (χ2n) is 7.83. The van der Waals surface area contributed by atoms with Gasteiger partial charge in [-0.2, -0.15) is 0 Å². The Morgan fingerprint density at radius 3 is 2.55 bits per heavy atom. The summed E-state index contributed by atoms with van der Waals surface area (Å²) in [5.41, 5.74) is 0.594. The number of hydrogen-bond acceptors (Lipinski definition) is 5. The van der Waals surface area contributed by atoms with Gasteiger partial charge in [-0.25, -0.2) is 12.7 Å². The molecule has 1 fully saturated rings. The summed E-state index contributed by atoms with van der Waals surface area (Å²) >= 11 is 12.1. The van der Waals surface area contributed by atoms with E-state index in [0.717, 1.165) is 5.69 Å². The number of carbonyl (C=O) groups excluding carboxylic acids is 1. The first-order chi connectivity index (χ1) is 14.6. The van der Waals surface area contributed by atoms with Crippen molar-refractivity contribution in [3.63, 3.8) is 0 Å². The van der Waals surface area contributed by atoms with Gasteiger partial charge in [0, 0.05) is 42.0 Å². The summed E-state index contributed by atoms with van der Waals surface area (Å²) in [6, 6.07) is 10.3. The first kappa shape index (κ1) is 23.9. The normalized spacial score (nSPS) is 17.8. The molecular weight excluding hydrogens is 461 g/mol.